The van der Waals surface area contributed by atoms with E-state index in [-0.39, 0.29) is 5.91 Å². The third-order valence-electron chi connectivity index (χ3n) is 2.87. The van der Waals surface area contributed by atoms with Gasteiger partial charge in [-0.3, -0.25) is 9.63 Å². The summed E-state index contributed by atoms with van der Waals surface area (Å²) in [7, 11) is 3.05. The number of amides is 1. The van der Waals surface area contributed by atoms with Gasteiger partial charge in [-0.2, -0.15) is 0 Å². The van der Waals surface area contributed by atoms with Crippen LogP contribution in [0.15, 0.2) is 24.5 Å². The lowest BCUT2D eigenvalue weighted by atomic mass is 10.2. The number of pyridine rings is 1. The first-order valence-electron chi connectivity index (χ1n) is 5.83. The van der Waals surface area contributed by atoms with Crippen LogP contribution >= 0.6 is 0 Å². The molecular weight excluding hydrogens is 230 g/mol. The molecule has 0 aliphatic heterocycles. The molecule has 2 heterocycles. The number of carbonyl (C=O) groups excluding carboxylic acids is 1. The van der Waals surface area contributed by atoms with Gasteiger partial charge in [0.05, 0.1) is 18.4 Å². The average molecular weight is 247 g/mol. The molecule has 0 spiro atoms. The Morgan fingerprint density at radius 1 is 1.39 bits per heavy atom. The molecular formula is C13H17N3O2. The molecule has 0 unspecified atom stereocenters. The number of fused-ring (bicyclic) bond motifs is 1. The third kappa shape index (κ3) is 2.22. The highest BCUT2D eigenvalue weighted by atomic mass is 16.7. The molecule has 5 heteroatoms. The van der Waals surface area contributed by atoms with Crippen molar-refractivity contribution in [1.82, 2.24) is 14.4 Å². The maximum atomic E-state index is 11.9. The normalized spacial score (nSPS) is 11.2. The van der Waals surface area contributed by atoms with E-state index < -0.39 is 0 Å². The molecule has 5 nitrogen and oxygen atoms in total. The predicted molar refractivity (Wildman–Crippen MR) is 68.4 cm³/mol. The average Bonchev–Trinajstić information content (AvgIpc) is 2.79. The zero-order valence-electron chi connectivity index (χ0n) is 11.0. The zero-order chi connectivity index (χ0) is 13.3. The summed E-state index contributed by atoms with van der Waals surface area (Å²) in [6.07, 6.45) is 3.72. The second-order valence-corrected chi connectivity index (χ2v) is 4.49. The lowest BCUT2D eigenvalue weighted by Crippen LogP contribution is -2.25. The quantitative estimate of drug-likeness (QED) is 0.780. The van der Waals surface area contributed by atoms with Gasteiger partial charge < -0.3 is 4.40 Å². The van der Waals surface area contributed by atoms with E-state index in [0.717, 1.165) is 11.3 Å². The summed E-state index contributed by atoms with van der Waals surface area (Å²) < 4.78 is 1.87. The largest absolute Gasteiger partial charge is 0.306 e. The van der Waals surface area contributed by atoms with Crippen molar-refractivity contribution in [2.75, 3.05) is 14.2 Å². The highest BCUT2D eigenvalue weighted by Crippen LogP contribution is 2.15. The van der Waals surface area contributed by atoms with Gasteiger partial charge in [0.15, 0.2) is 0 Å². The van der Waals surface area contributed by atoms with Gasteiger partial charge in [-0.1, -0.05) is 13.8 Å². The van der Waals surface area contributed by atoms with Gasteiger partial charge in [0.2, 0.25) is 0 Å². The Labute approximate surface area is 106 Å². The molecule has 2 aromatic rings. The molecule has 18 heavy (non-hydrogen) atoms. The van der Waals surface area contributed by atoms with E-state index in [1.165, 1.54) is 12.2 Å². The summed E-state index contributed by atoms with van der Waals surface area (Å²) in [5.41, 5.74) is 2.43. The summed E-state index contributed by atoms with van der Waals surface area (Å²) in [5.74, 6) is 0.185. The minimum absolute atomic E-state index is 0.181. The number of hydroxylamine groups is 2. The van der Waals surface area contributed by atoms with Gasteiger partial charge in [0.1, 0.15) is 5.65 Å². The number of hydrogen-bond acceptors (Lipinski definition) is 3. The number of aromatic nitrogens is 2. The summed E-state index contributed by atoms with van der Waals surface area (Å²) in [6.45, 7) is 4.18. The topological polar surface area (TPSA) is 46.8 Å². The molecule has 0 N–H and O–H groups in total. The Kier molecular flexibility index (Phi) is 3.34. The monoisotopic (exact) mass is 247 g/mol. The highest BCUT2D eigenvalue weighted by molar-refractivity contribution is 5.93. The van der Waals surface area contributed by atoms with Crippen molar-refractivity contribution < 1.29 is 9.63 Å². The van der Waals surface area contributed by atoms with Crippen LogP contribution in [0.5, 0.6) is 0 Å². The highest BCUT2D eigenvalue weighted by Gasteiger charge is 2.13. The van der Waals surface area contributed by atoms with E-state index in [1.807, 2.05) is 16.7 Å². The van der Waals surface area contributed by atoms with Crippen LogP contribution in [0.3, 0.4) is 0 Å². The van der Waals surface area contributed by atoms with Crippen molar-refractivity contribution in [2.45, 2.75) is 19.8 Å². The predicted octanol–water partition coefficient (Wildman–Crippen LogP) is 2.09. The van der Waals surface area contributed by atoms with E-state index in [4.69, 9.17) is 4.84 Å². The summed E-state index contributed by atoms with van der Waals surface area (Å²) in [4.78, 5) is 21.3. The number of hydrogen-bond donors (Lipinski definition) is 0. The Bertz CT molecular complexity index is 575. The third-order valence-corrected chi connectivity index (χ3v) is 2.87. The Morgan fingerprint density at radius 3 is 2.72 bits per heavy atom. The first kappa shape index (κ1) is 12.6. The van der Waals surface area contributed by atoms with Crippen LogP contribution in [0, 0.1) is 0 Å². The van der Waals surface area contributed by atoms with E-state index in [0.29, 0.717) is 11.5 Å². The standard InChI is InChI=1S/C13H17N3O2/c1-9(2)11-8-16-7-10(5-6-12(16)14-11)13(17)15(3)18-4/h5-9H,1-4H3. The second-order valence-electron chi connectivity index (χ2n) is 4.49. The van der Waals surface area contributed by atoms with Crippen LogP contribution in [-0.4, -0.2) is 34.5 Å². The zero-order valence-corrected chi connectivity index (χ0v) is 11.0. The van der Waals surface area contributed by atoms with Crippen molar-refractivity contribution in [3.63, 3.8) is 0 Å². The summed E-state index contributed by atoms with van der Waals surface area (Å²) in [5, 5.41) is 1.20. The first-order valence-corrected chi connectivity index (χ1v) is 5.83. The Hall–Kier alpha value is -1.88. The SMILES string of the molecule is CON(C)C(=O)c1ccc2nc(C(C)C)cn2c1. The van der Waals surface area contributed by atoms with Crippen molar-refractivity contribution in [3.05, 3.63) is 35.8 Å². The molecule has 0 atom stereocenters. The van der Waals surface area contributed by atoms with E-state index in [1.54, 1.807) is 19.3 Å². The Balaban J connectivity index is 2.41. The molecule has 0 fully saturated rings. The van der Waals surface area contributed by atoms with Crippen molar-refractivity contribution in [2.24, 2.45) is 0 Å². The maximum Gasteiger partial charge on any atom is 0.278 e. The molecule has 0 radical (unpaired) electrons. The molecule has 96 valence electrons. The first-order chi connectivity index (χ1) is 8.52. The van der Waals surface area contributed by atoms with Gasteiger partial charge in [0.25, 0.3) is 5.91 Å². The van der Waals surface area contributed by atoms with E-state index in [9.17, 15) is 4.79 Å². The number of imidazole rings is 1. The van der Waals surface area contributed by atoms with Gasteiger partial charge in [-0.05, 0) is 18.1 Å². The minimum atomic E-state index is -0.181. The fraction of sp³-hybridized carbons (Fsp3) is 0.385. The Morgan fingerprint density at radius 2 is 2.11 bits per heavy atom. The van der Waals surface area contributed by atoms with E-state index in [2.05, 4.69) is 18.8 Å². The fourth-order valence-electron chi connectivity index (χ4n) is 1.68. The van der Waals surface area contributed by atoms with Crippen LogP contribution < -0.4 is 0 Å². The van der Waals surface area contributed by atoms with Gasteiger partial charge in [-0.15, -0.1) is 0 Å². The van der Waals surface area contributed by atoms with Gasteiger partial charge >= 0.3 is 0 Å². The lowest BCUT2D eigenvalue weighted by molar-refractivity contribution is -0.0757. The summed E-state index contributed by atoms with van der Waals surface area (Å²) >= 11 is 0. The summed E-state index contributed by atoms with van der Waals surface area (Å²) in [6, 6.07) is 3.59. The smallest absolute Gasteiger partial charge is 0.278 e. The van der Waals surface area contributed by atoms with Crippen LogP contribution in [-0.2, 0) is 4.84 Å². The lowest BCUT2D eigenvalue weighted by Gasteiger charge is -2.13. The van der Waals surface area contributed by atoms with Crippen LogP contribution in [0.4, 0.5) is 0 Å². The second kappa shape index (κ2) is 4.78. The molecule has 0 bridgehead atoms. The molecule has 0 saturated heterocycles. The van der Waals surface area contributed by atoms with Crippen molar-refractivity contribution in [1.29, 1.82) is 0 Å². The molecule has 2 rings (SSSR count). The molecule has 0 aromatic carbocycles. The van der Waals surface area contributed by atoms with Crippen LogP contribution in [0.2, 0.25) is 0 Å². The molecule has 0 saturated carbocycles. The van der Waals surface area contributed by atoms with E-state index >= 15 is 0 Å². The number of rotatable bonds is 3. The minimum Gasteiger partial charge on any atom is -0.306 e. The maximum absolute atomic E-state index is 11.9. The molecule has 0 aliphatic carbocycles. The van der Waals surface area contributed by atoms with Crippen molar-refractivity contribution in [3.8, 4) is 0 Å². The van der Waals surface area contributed by atoms with Crippen LogP contribution in [0.25, 0.3) is 5.65 Å². The molecule has 2 aromatic heterocycles. The number of nitrogens with zero attached hydrogens (tertiary/aromatic N) is 3. The van der Waals surface area contributed by atoms with Crippen LogP contribution in [0.1, 0.15) is 35.8 Å². The fourth-order valence-corrected chi connectivity index (χ4v) is 1.68. The molecule has 0 aliphatic rings. The van der Waals surface area contributed by atoms with Gasteiger partial charge in [0, 0.05) is 19.4 Å². The molecule has 1 amide bonds. The van der Waals surface area contributed by atoms with Gasteiger partial charge in [-0.25, -0.2) is 10.0 Å². The van der Waals surface area contributed by atoms with Crippen molar-refractivity contribution >= 4 is 11.6 Å². The number of carbonyl (C=O) groups is 1.